The van der Waals surface area contributed by atoms with E-state index in [1.54, 1.807) is 0 Å². The molecule has 0 radical (unpaired) electrons. The lowest BCUT2D eigenvalue weighted by Gasteiger charge is -2.28. The maximum Gasteiger partial charge on any atom is 0.161 e. The van der Waals surface area contributed by atoms with Gasteiger partial charge in [0.2, 0.25) is 0 Å². The molecule has 1 aliphatic rings. The number of halogens is 3. The fraction of sp³-hybridized carbons (Fsp3) is 0.500. The Kier molecular flexibility index (Phi) is 3.69. The first-order valence-corrected chi connectivity index (χ1v) is 5.57. The van der Waals surface area contributed by atoms with E-state index in [0.717, 1.165) is 6.07 Å². The topological polar surface area (TPSA) is 35.2 Å². The highest BCUT2D eigenvalue weighted by Crippen LogP contribution is 2.30. The lowest BCUT2D eigenvalue weighted by molar-refractivity contribution is 0.0579. The smallest absolute Gasteiger partial charge is 0.161 e. The Bertz CT molecular complexity index is 405. The van der Waals surface area contributed by atoms with Crippen molar-refractivity contribution in [1.29, 1.82) is 0 Å². The molecule has 0 spiro atoms. The number of rotatable bonds is 2. The molecule has 1 unspecified atom stereocenters. The van der Waals surface area contributed by atoms with Crippen molar-refractivity contribution in [1.82, 2.24) is 0 Å². The van der Waals surface area contributed by atoms with E-state index in [0.29, 0.717) is 32.1 Å². The van der Waals surface area contributed by atoms with Gasteiger partial charge in [-0.05, 0) is 24.8 Å². The molecular formula is C12H14F3NO. The van der Waals surface area contributed by atoms with E-state index in [2.05, 4.69) is 0 Å². The van der Waals surface area contributed by atoms with Gasteiger partial charge in [-0.25, -0.2) is 13.2 Å². The summed E-state index contributed by atoms with van der Waals surface area (Å²) in [5.41, 5.74) is 5.94. The largest absolute Gasteiger partial charge is 0.381 e. The van der Waals surface area contributed by atoms with Crippen LogP contribution in [0.4, 0.5) is 13.2 Å². The molecule has 0 amide bonds. The molecule has 0 saturated carbocycles. The highest BCUT2D eigenvalue weighted by Gasteiger charge is 2.25. The fourth-order valence-corrected chi connectivity index (χ4v) is 2.12. The van der Waals surface area contributed by atoms with Crippen molar-refractivity contribution in [3.8, 4) is 0 Å². The van der Waals surface area contributed by atoms with E-state index in [1.165, 1.54) is 0 Å². The van der Waals surface area contributed by atoms with E-state index >= 15 is 0 Å². The predicted octanol–water partition coefficient (Wildman–Crippen LogP) is 2.53. The summed E-state index contributed by atoms with van der Waals surface area (Å²) >= 11 is 0. The van der Waals surface area contributed by atoms with Crippen LogP contribution in [0.2, 0.25) is 0 Å². The Labute approximate surface area is 97.6 Å². The van der Waals surface area contributed by atoms with Gasteiger partial charge in [0, 0.05) is 30.9 Å². The summed E-state index contributed by atoms with van der Waals surface area (Å²) in [5, 5.41) is 0. The van der Waals surface area contributed by atoms with Crippen LogP contribution in [0.15, 0.2) is 12.1 Å². The first kappa shape index (κ1) is 12.4. The van der Waals surface area contributed by atoms with Crippen molar-refractivity contribution in [3.05, 3.63) is 35.1 Å². The number of hydrogen-bond donors (Lipinski definition) is 1. The van der Waals surface area contributed by atoms with Crippen LogP contribution in [0.3, 0.4) is 0 Å². The number of benzene rings is 1. The summed E-state index contributed by atoms with van der Waals surface area (Å²) < 4.78 is 44.5. The minimum atomic E-state index is -1.19. The van der Waals surface area contributed by atoms with Crippen molar-refractivity contribution < 1.29 is 17.9 Å². The van der Waals surface area contributed by atoms with Gasteiger partial charge in [-0.2, -0.15) is 0 Å². The molecule has 94 valence electrons. The summed E-state index contributed by atoms with van der Waals surface area (Å²) in [6.45, 7) is 1.15. The maximum absolute atomic E-state index is 13.5. The molecule has 2 N–H and O–H groups in total. The standard InChI is InChI=1S/C12H14F3NO/c13-9-6-11(15)10(14)5-8(9)12(16)7-1-3-17-4-2-7/h5-7,12H,1-4,16H2. The average molecular weight is 245 g/mol. The molecule has 1 aromatic rings. The molecule has 0 aromatic heterocycles. The van der Waals surface area contributed by atoms with Crippen LogP contribution in [0.25, 0.3) is 0 Å². The van der Waals surface area contributed by atoms with Gasteiger partial charge in [0.25, 0.3) is 0 Å². The quantitative estimate of drug-likeness (QED) is 0.812. The van der Waals surface area contributed by atoms with Gasteiger partial charge in [0.1, 0.15) is 5.82 Å². The zero-order chi connectivity index (χ0) is 12.4. The molecule has 0 bridgehead atoms. The Morgan fingerprint density at radius 3 is 2.29 bits per heavy atom. The molecule has 1 saturated heterocycles. The molecule has 1 aromatic carbocycles. The number of nitrogens with two attached hydrogens (primary N) is 1. The Hall–Kier alpha value is -1.07. The van der Waals surface area contributed by atoms with Crippen LogP contribution in [0.1, 0.15) is 24.4 Å². The first-order valence-electron chi connectivity index (χ1n) is 5.57. The summed E-state index contributed by atoms with van der Waals surface area (Å²) in [7, 11) is 0. The monoisotopic (exact) mass is 245 g/mol. The summed E-state index contributed by atoms with van der Waals surface area (Å²) in [6, 6.07) is 0.781. The van der Waals surface area contributed by atoms with E-state index in [4.69, 9.17) is 10.5 Å². The highest BCUT2D eigenvalue weighted by molar-refractivity contribution is 5.23. The van der Waals surface area contributed by atoms with Gasteiger partial charge < -0.3 is 10.5 Å². The maximum atomic E-state index is 13.5. The van der Waals surface area contributed by atoms with Gasteiger partial charge >= 0.3 is 0 Å². The third-order valence-corrected chi connectivity index (χ3v) is 3.17. The Morgan fingerprint density at radius 1 is 1.06 bits per heavy atom. The SMILES string of the molecule is NC(c1cc(F)c(F)cc1F)C1CCOCC1. The minimum Gasteiger partial charge on any atom is -0.381 e. The molecule has 2 rings (SSSR count). The van der Waals surface area contributed by atoms with Gasteiger partial charge in [0.15, 0.2) is 11.6 Å². The molecule has 1 fully saturated rings. The second kappa shape index (κ2) is 5.06. The molecule has 0 aliphatic carbocycles. The second-order valence-corrected chi connectivity index (χ2v) is 4.26. The predicted molar refractivity (Wildman–Crippen MR) is 56.8 cm³/mol. The molecule has 1 aliphatic heterocycles. The summed E-state index contributed by atoms with van der Waals surface area (Å²) in [4.78, 5) is 0. The second-order valence-electron chi connectivity index (χ2n) is 4.26. The van der Waals surface area contributed by atoms with Crippen LogP contribution >= 0.6 is 0 Å². The minimum absolute atomic E-state index is 0.0378. The molecule has 17 heavy (non-hydrogen) atoms. The summed E-state index contributed by atoms with van der Waals surface area (Å²) in [6.07, 6.45) is 1.42. The lowest BCUT2D eigenvalue weighted by Crippen LogP contribution is -2.28. The molecule has 5 heteroatoms. The van der Waals surface area contributed by atoms with Crippen LogP contribution in [-0.2, 0) is 4.74 Å². The third-order valence-electron chi connectivity index (χ3n) is 3.17. The van der Waals surface area contributed by atoms with Crippen LogP contribution in [0.5, 0.6) is 0 Å². The van der Waals surface area contributed by atoms with E-state index in [9.17, 15) is 13.2 Å². The zero-order valence-corrected chi connectivity index (χ0v) is 9.26. The highest BCUT2D eigenvalue weighted by atomic mass is 19.2. The van der Waals surface area contributed by atoms with Gasteiger partial charge in [-0.15, -0.1) is 0 Å². The normalized spacial score (nSPS) is 19.3. The molecular weight excluding hydrogens is 231 g/mol. The van der Waals surface area contributed by atoms with Gasteiger partial charge in [-0.1, -0.05) is 0 Å². The third kappa shape index (κ3) is 2.61. The van der Waals surface area contributed by atoms with Crippen molar-refractivity contribution in [2.24, 2.45) is 11.7 Å². The van der Waals surface area contributed by atoms with E-state index < -0.39 is 23.5 Å². The van der Waals surface area contributed by atoms with Gasteiger partial charge in [0.05, 0.1) is 0 Å². The van der Waals surface area contributed by atoms with Crippen molar-refractivity contribution >= 4 is 0 Å². The van der Waals surface area contributed by atoms with E-state index in [-0.39, 0.29) is 11.5 Å². The first-order chi connectivity index (χ1) is 8.09. The zero-order valence-electron chi connectivity index (χ0n) is 9.26. The number of ether oxygens (including phenoxy) is 1. The Morgan fingerprint density at radius 2 is 1.65 bits per heavy atom. The van der Waals surface area contributed by atoms with Crippen molar-refractivity contribution in [2.75, 3.05) is 13.2 Å². The Balaban J connectivity index is 2.23. The lowest BCUT2D eigenvalue weighted by atomic mass is 9.87. The summed E-state index contributed by atoms with van der Waals surface area (Å²) in [5.74, 6) is -3.00. The van der Waals surface area contributed by atoms with Crippen LogP contribution in [-0.4, -0.2) is 13.2 Å². The van der Waals surface area contributed by atoms with Crippen LogP contribution in [0, 0.1) is 23.4 Å². The van der Waals surface area contributed by atoms with Crippen molar-refractivity contribution in [2.45, 2.75) is 18.9 Å². The number of hydrogen-bond acceptors (Lipinski definition) is 2. The van der Waals surface area contributed by atoms with Crippen molar-refractivity contribution in [3.63, 3.8) is 0 Å². The average Bonchev–Trinajstić information content (AvgIpc) is 2.34. The van der Waals surface area contributed by atoms with Crippen LogP contribution < -0.4 is 5.73 Å². The molecule has 1 heterocycles. The van der Waals surface area contributed by atoms with E-state index in [1.807, 2.05) is 0 Å². The fourth-order valence-electron chi connectivity index (χ4n) is 2.12. The molecule has 2 nitrogen and oxygen atoms in total. The molecule has 1 atom stereocenters. The van der Waals surface area contributed by atoms with Gasteiger partial charge in [-0.3, -0.25) is 0 Å².